The molecule has 5 aliphatic rings. The van der Waals surface area contributed by atoms with Crippen LogP contribution in [0, 0.1) is 34.5 Å². The summed E-state index contributed by atoms with van der Waals surface area (Å²) in [4.78, 5) is 25.8. The van der Waals surface area contributed by atoms with E-state index in [1.54, 1.807) is 20.8 Å². The van der Waals surface area contributed by atoms with Gasteiger partial charge in [-0.05, 0) is 63.7 Å². The standard InChI is InChI=1S/C27H32F2O6S/c1-23(2)34-21-13-16-17-12-19(28)18-11-15(31)7-8-24(18,3)26(17,29)20(32)14-25(16,4)27(21,35-23)22(33)36-10-6-5-9-30/h7-8,11,16-17,19-21,30,32H,9-10,12-14H2,1-4H3/t16?,17?,19-,20?,21+,24?,25?,26-,27?/m0/s1. The number of alkyl halides is 2. The van der Waals surface area contributed by atoms with Crippen LogP contribution in [0.2, 0.25) is 0 Å². The maximum Gasteiger partial charge on any atom is 0.225 e. The minimum atomic E-state index is -2.24. The Kier molecular flexibility index (Phi) is 5.94. The molecule has 1 saturated heterocycles. The predicted molar refractivity (Wildman–Crippen MR) is 129 cm³/mol. The number of halogens is 2. The van der Waals surface area contributed by atoms with Gasteiger partial charge in [0.15, 0.2) is 22.8 Å². The molecule has 196 valence electrons. The molecule has 4 aliphatic carbocycles. The van der Waals surface area contributed by atoms with E-state index >= 15 is 8.78 Å². The average molecular weight is 523 g/mol. The molecule has 0 aromatic rings. The average Bonchev–Trinajstić information content (AvgIpc) is 3.21. The van der Waals surface area contributed by atoms with Crippen LogP contribution in [0.5, 0.6) is 0 Å². The van der Waals surface area contributed by atoms with E-state index in [0.29, 0.717) is 0 Å². The second-order valence-corrected chi connectivity index (χ2v) is 12.5. The first-order valence-electron chi connectivity index (χ1n) is 12.3. The van der Waals surface area contributed by atoms with Crippen molar-refractivity contribution < 1.29 is 38.1 Å². The van der Waals surface area contributed by atoms with E-state index < -0.39 is 63.9 Å². The van der Waals surface area contributed by atoms with Crippen molar-refractivity contribution in [2.45, 2.75) is 82.4 Å². The number of carbonyl (C=O) groups excluding carboxylic acids is 2. The molecule has 0 aromatic heterocycles. The molecule has 4 fully saturated rings. The highest BCUT2D eigenvalue weighted by atomic mass is 32.2. The largest absolute Gasteiger partial charge is 0.390 e. The predicted octanol–water partition coefficient (Wildman–Crippen LogP) is 3.06. The molecule has 6 nitrogen and oxygen atoms in total. The molecule has 9 heteroatoms. The molecule has 0 radical (unpaired) electrons. The summed E-state index contributed by atoms with van der Waals surface area (Å²) >= 11 is 0.948. The van der Waals surface area contributed by atoms with E-state index in [1.165, 1.54) is 12.2 Å². The number of aliphatic hydroxyl groups is 2. The molecule has 1 heterocycles. The highest BCUT2D eigenvalue weighted by molar-refractivity contribution is 8.14. The summed E-state index contributed by atoms with van der Waals surface area (Å²) in [6, 6.07) is 0. The van der Waals surface area contributed by atoms with Gasteiger partial charge in [-0.2, -0.15) is 0 Å². The minimum Gasteiger partial charge on any atom is -0.390 e. The summed E-state index contributed by atoms with van der Waals surface area (Å²) < 4.78 is 45.6. The molecule has 0 amide bonds. The normalized spacial score (nSPS) is 48.2. The Hall–Kier alpha value is -1.57. The number of thioether (sulfide) groups is 1. The lowest BCUT2D eigenvalue weighted by Crippen LogP contribution is -2.70. The molecule has 2 N–H and O–H groups in total. The first kappa shape index (κ1) is 26.1. The lowest BCUT2D eigenvalue weighted by Gasteiger charge is -2.63. The Morgan fingerprint density at radius 2 is 1.94 bits per heavy atom. The van der Waals surface area contributed by atoms with Crippen molar-refractivity contribution in [2.24, 2.45) is 22.7 Å². The third kappa shape index (κ3) is 3.18. The molecular formula is C27H32F2O6S. The highest BCUT2D eigenvalue weighted by Crippen LogP contribution is 2.72. The highest BCUT2D eigenvalue weighted by Gasteiger charge is 2.80. The number of allylic oxidation sites excluding steroid dienone is 4. The number of ether oxygens (including phenoxy) is 2. The Labute approximate surface area is 213 Å². The molecule has 0 spiro atoms. The van der Waals surface area contributed by atoms with Gasteiger partial charge in [0.25, 0.3) is 0 Å². The van der Waals surface area contributed by atoms with Crippen LogP contribution in [0.1, 0.15) is 47.0 Å². The molecule has 9 atom stereocenters. The fourth-order valence-corrected chi connectivity index (χ4v) is 8.90. The number of carbonyl (C=O) groups is 2. The van der Waals surface area contributed by atoms with Crippen molar-refractivity contribution in [1.29, 1.82) is 0 Å². The van der Waals surface area contributed by atoms with E-state index in [9.17, 15) is 14.7 Å². The Morgan fingerprint density at radius 1 is 1.22 bits per heavy atom. The van der Waals surface area contributed by atoms with Crippen molar-refractivity contribution >= 4 is 22.7 Å². The van der Waals surface area contributed by atoms with Crippen molar-refractivity contribution in [2.75, 3.05) is 12.4 Å². The van der Waals surface area contributed by atoms with E-state index in [2.05, 4.69) is 11.8 Å². The van der Waals surface area contributed by atoms with Gasteiger partial charge in [-0.3, -0.25) is 9.59 Å². The van der Waals surface area contributed by atoms with Crippen LogP contribution in [0.25, 0.3) is 0 Å². The van der Waals surface area contributed by atoms with Gasteiger partial charge in [-0.25, -0.2) is 8.78 Å². The number of fused-ring (bicyclic) bond motifs is 7. The van der Waals surface area contributed by atoms with Crippen LogP contribution in [-0.4, -0.2) is 68.9 Å². The van der Waals surface area contributed by atoms with Crippen LogP contribution < -0.4 is 0 Å². The smallest absolute Gasteiger partial charge is 0.225 e. The first-order chi connectivity index (χ1) is 16.8. The third-order valence-corrected chi connectivity index (χ3v) is 10.3. The topological polar surface area (TPSA) is 93.1 Å². The van der Waals surface area contributed by atoms with Gasteiger partial charge in [-0.15, -0.1) is 0 Å². The molecular weight excluding hydrogens is 490 g/mol. The van der Waals surface area contributed by atoms with Crippen molar-refractivity contribution in [3.63, 3.8) is 0 Å². The van der Waals surface area contributed by atoms with E-state index in [0.717, 1.165) is 17.8 Å². The quantitative estimate of drug-likeness (QED) is 0.539. The zero-order valence-corrected chi connectivity index (χ0v) is 21.7. The Morgan fingerprint density at radius 3 is 2.64 bits per heavy atom. The molecule has 5 rings (SSSR count). The molecule has 1 aliphatic heterocycles. The lowest BCUT2D eigenvalue weighted by atomic mass is 9.44. The maximum absolute atomic E-state index is 17.3. The van der Waals surface area contributed by atoms with Gasteiger partial charge in [0.2, 0.25) is 5.12 Å². The summed E-state index contributed by atoms with van der Waals surface area (Å²) in [6.45, 7) is 6.49. The molecule has 6 unspecified atom stereocenters. The van der Waals surface area contributed by atoms with Crippen molar-refractivity contribution in [1.82, 2.24) is 0 Å². The monoisotopic (exact) mass is 522 g/mol. The fraction of sp³-hybridized carbons (Fsp3) is 0.704. The summed E-state index contributed by atoms with van der Waals surface area (Å²) in [5.74, 6) is 2.46. The summed E-state index contributed by atoms with van der Waals surface area (Å²) in [5.41, 5.74) is -6.18. The SMILES string of the molecule is CC1(C)O[C@@H]2CC3C4C[C@H](F)C5=CC(=O)C=CC5(C)[C@@]4(F)C(O)CC3(C)C2(C(=O)SCC#CCO)O1. The molecule has 36 heavy (non-hydrogen) atoms. The van der Waals surface area contributed by atoms with E-state index in [1.807, 2.05) is 6.92 Å². The number of hydrogen-bond donors (Lipinski definition) is 2. The summed E-state index contributed by atoms with van der Waals surface area (Å²) in [6.07, 6.45) is 0.0129. The molecule has 3 saturated carbocycles. The van der Waals surface area contributed by atoms with E-state index in [4.69, 9.17) is 14.6 Å². The van der Waals surface area contributed by atoms with Crippen molar-refractivity contribution in [3.8, 4) is 11.8 Å². The zero-order chi connectivity index (χ0) is 26.3. The summed E-state index contributed by atoms with van der Waals surface area (Å²) in [5, 5.41) is 20.1. The van der Waals surface area contributed by atoms with Crippen LogP contribution >= 0.6 is 11.8 Å². The first-order valence-corrected chi connectivity index (χ1v) is 13.3. The number of aliphatic hydroxyl groups excluding tert-OH is 2. The third-order valence-electron chi connectivity index (χ3n) is 9.40. The van der Waals surface area contributed by atoms with Gasteiger partial charge in [0.05, 0.1) is 18.0 Å². The Bertz CT molecular complexity index is 1130. The van der Waals surface area contributed by atoms with Crippen LogP contribution in [-0.2, 0) is 19.1 Å². The van der Waals surface area contributed by atoms with Crippen LogP contribution in [0.15, 0.2) is 23.8 Å². The number of rotatable bonds is 2. The van der Waals surface area contributed by atoms with Gasteiger partial charge in [-0.1, -0.05) is 36.6 Å². The number of hydrogen-bond acceptors (Lipinski definition) is 7. The summed E-state index contributed by atoms with van der Waals surface area (Å²) in [7, 11) is 0. The fourth-order valence-electron chi connectivity index (χ4n) is 7.97. The van der Waals surface area contributed by atoms with Gasteiger partial charge in [0, 0.05) is 16.7 Å². The molecule has 0 aromatic carbocycles. The van der Waals surface area contributed by atoms with Gasteiger partial charge >= 0.3 is 0 Å². The lowest BCUT2D eigenvalue weighted by molar-refractivity contribution is -0.246. The van der Waals surface area contributed by atoms with Crippen LogP contribution in [0.4, 0.5) is 8.78 Å². The van der Waals surface area contributed by atoms with Crippen LogP contribution in [0.3, 0.4) is 0 Å². The zero-order valence-electron chi connectivity index (χ0n) is 20.8. The Balaban J connectivity index is 1.59. The van der Waals surface area contributed by atoms with Gasteiger partial charge < -0.3 is 19.7 Å². The van der Waals surface area contributed by atoms with E-state index in [-0.39, 0.29) is 42.3 Å². The van der Waals surface area contributed by atoms with Gasteiger partial charge in [0.1, 0.15) is 12.8 Å². The van der Waals surface area contributed by atoms with Crippen molar-refractivity contribution in [3.05, 3.63) is 23.8 Å². The number of ketones is 1. The molecule has 0 bridgehead atoms. The second-order valence-electron chi connectivity index (χ2n) is 11.5. The minimum absolute atomic E-state index is 0.0621. The maximum atomic E-state index is 17.3. The second kappa shape index (κ2) is 8.21.